The zero-order valence-electron chi connectivity index (χ0n) is 17.2. The quantitative estimate of drug-likeness (QED) is 0.464. The first-order chi connectivity index (χ1) is 14.0. The second kappa shape index (κ2) is 9.86. The molecular weight excluding hydrogens is 405 g/mol. The number of benzene rings is 2. The Bertz CT molecular complexity index is 860. The maximum Gasteiger partial charge on any atom is 0.235 e. The Kier molecular flexibility index (Phi) is 7.48. The van der Waals surface area contributed by atoms with Crippen molar-refractivity contribution in [3.05, 3.63) is 57.6 Å². The molecular formula is C24H29Cl2NO2. The molecule has 2 aromatic rings. The second-order valence-electron chi connectivity index (χ2n) is 7.90. The van der Waals surface area contributed by atoms with Crippen LogP contribution >= 0.6 is 23.2 Å². The summed E-state index contributed by atoms with van der Waals surface area (Å²) in [6, 6.07) is 11.3. The lowest BCUT2D eigenvalue weighted by Crippen LogP contribution is -2.42. The van der Waals surface area contributed by atoms with E-state index in [0.29, 0.717) is 16.7 Å². The predicted molar refractivity (Wildman–Crippen MR) is 121 cm³/mol. The number of rotatable bonds is 7. The van der Waals surface area contributed by atoms with E-state index >= 15 is 0 Å². The summed E-state index contributed by atoms with van der Waals surface area (Å²) in [7, 11) is 0. The SMILES string of the molecule is CCCCOc1ccc(NC(=O)C2(c3ccc(Cl)cc3Cl)CCCCC2)cc1C. The fourth-order valence-corrected chi connectivity index (χ4v) is 4.71. The van der Waals surface area contributed by atoms with Crippen molar-refractivity contribution in [1.82, 2.24) is 0 Å². The van der Waals surface area contributed by atoms with E-state index in [2.05, 4.69) is 12.2 Å². The van der Waals surface area contributed by atoms with Gasteiger partial charge in [0, 0.05) is 15.7 Å². The summed E-state index contributed by atoms with van der Waals surface area (Å²) in [6.07, 6.45) is 6.87. The van der Waals surface area contributed by atoms with Crippen molar-refractivity contribution in [2.45, 2.75) is 64.2 Å². The van der Waals surface area contributed by atoms with Crippen LogP contribution in [-0.2, 0) is 10.2 Å². The first-order valence-electron chi connectivity index (χ1n) is 10.5. The van der Waals surface area contributed by atoms with E-state index in [1.165, 1.54) is 0 Å². The van der Waals surface area contributed by atoms with E-state index in [-0.39, 0.29) is 5.91 Å². The minimum absolute atomic E-state index is 0.000439. The molecule has 1 aliphatic carbocycles. The van der Waals surface area contributed by atoms with E-state index in [9.17, 15) is 4.79 Å². The van der Waals surface area contributed by atoms with Crippen molar-refractivity contribution in [3.8, 4) is 5.75 Å². The van der Waals surface area contributed by atoms with Crippen LogP contribution in [0.25, 0.3) is 0 Å². The van der Waals surface area contributed by atoms with Crippen LogP contribution in [0.15, 0.2) is 36.4 Å². The molecule has 3 nitrogen and oxygen atoms in total. The van der Waals surface area contributed by atoms with Gasteiger partial charge in [-0.15, -0.1) is 0 Å². The third-order valence-corrected chi connectivity index (χ3v) is 6.32. The van der Waals surface area contributed by atoms with E-state index in [0.717, 1.165) is 67.5 Å². The highest BCUT2D eigenvalue weighted by Gasteiger charge is 2.42. The van der Waals surface area contributed by atoms with Crippen LogP contribution in [0.4, 0.5) is 5.69 Å². The number of carbonyl (C=O) groups excluding carboxylic acids is 1. The molecule has 1 amide bonds. The van der Waals surface area contributed by atoms with Gasteiger partial charge < -0.3 is 10.1 Å². The number of halogens is 2. The van der Waals surface area contributed by atoms with Gasteiger partial charge in [0.25, 0.3) is 0 Å². The molecule has 3 rings (SSSR count). The fourth-order valence-electron chi connectivity index (χ4n) is 4.12. The molecule has 1 saturated carbocycles. The lowest BCUT2D eigenvalue weighted by molar-refractivity contribution is -0.122. The minimum atomic E-state index is -0.621. The molecule has 1 N–H and O–H groups in total. The van der Waals surface area contributed by atoms with E-state index in [4.69, 9.17) is 27.9 Å². The molecule has 156 valence electrons. The zero-order valence-corrected chi connectivity index (χ0v) is 18.7. The van der Waals surface area contributed by atoms with Gasteiger partial charge >= 0.3 is 0 Å². The number of aryl methyl sites for hydroxylation is 1. The van der Waals surface area contributed by atoms with Crippen molar-refractivity contribution in [1.29, 1.82) is 0 Å². The normalized spacial score (nSPS) is 15.7. The van der Waals surface area contributed by atoms with Gasteiger partial charge in [-0.1, -0.05) is 61.9 Å². The number of hydrogen-bond acceptors (Lipinski definition) is 2. The van der Waals surface area contributed by atoms with Crippen LogP contribution in [0.5, 0.6) is 5.75 Å². The summed E-state index contributed by atoms with van der Waals surface area (Å²) in [5.41, 5.74) is 2.05. The monoisotopic (exact) mass is 433 g/mol. The number of carbonyl (C=O) groups is 1. The Labute approximate surface area is 183 Å². The van der Waals surface area contributed by atoms with Crippen molar-refractivity contribution < 1.29 is 9.53 Å². The van der Waals surface area contributed by atoms with E-state index in [1.807, 2.05) is 37.3 Å². The Morgan fingerprint density at radius 1 is 1.10 bits per heavy atom. The molecule has 0 spiro atoms. The highest BCUT2D eigenvalue weighted by Crippen LogP contribution is 2.44. The van der Waals surface area contributed by atoms with Crippen molar-refractivity contribution in [2.24, 2.45) is 0 Å². The van der Waals surface area contributed by atoms with Crippen molar-refractivity contribution in [2.75, 3.05) is 11.9 Å². The number of unbranched alkanes of at least 4 members (excludes halogenated alkanes) is 1. The van der Waals surface area contributed by atoms with Crippen LogP contribution in [0.1, 0.15) is 63.0 Å². The molecule has 0 atom stereocenters. The molecule has 5 heteroatoms. The average Bonchev–Trinajstić information content (AvgIpc) is 2.70. The molecule has 0 unspecified atom stereocenters. The van der Waals surface area contributed by atoms with Crippen molar-refractivity contribution in [3.63, 3.8) is 0 Å². The molecule has 0 aromatic heterocycles. The Balaban J connectivity index is 1.83. The van der Waals surface area contributed by atoms with Gasteiger partial charge in [-0.25, -0.2) is 0 Å². The first-order valence-corrected chi connectivity index (χ1v) is 11.2. The van der Waals surface area contributed by atoms with Crippen LogP contribution in [-0.4, -0.2) is 12.5 Å². The molecule has 1 fully saturated rings. The summed E-state index contributed by atoms with van der Waals surface area (Å²) in [4.78, 5) is 13.5. The van der Waals surface area contributed by atoms with Gasteiger partial charge in [-0.2, -0.15) is 0 Å². The standard InChI is InChI=1S/C24H29Cl2NO2/c1-3-4-14-29-22-11-9-19(15-17(22)2)27-23(28)24(12-6-5-7-13-24)20-10-8-18(25)16-21(20)26/h8-11,15-16H,3-7,12-14H2,1-2H3,(H,27,28). The van der Waals surface area contributed by atoms with E-state index < -0.39 is 5.41 Å². The third kappa shape index (κ3) is 5.07. The Hall–Kier alpha value is -1.71. The van der Waals surface area contributed by atoms with Gasteiger partial charge in [-0.05, 0) is 67.6 Å². The molecule has 0 aliphatic heterocycles. The van der Waals surface area contributed by atoms with Gasteiger partial charge in [0.15, 0.2) is 0 Å². The van der Waals surface area contributed by atoms with Crippen molar-refractivity contribution >= 4 is 34.8 Å². The van der Waals surface area contributed by atoms with Gasteiger partial charge in [-0.3, -0.25) is 4.79 Å². The summed E-state index contributed by atoms with van der Waals surface area (Å²) < 4.78 is 5.83. The minimum Gasteiger partial charge on any atom is -0.493 e. The van der Waals surface area contributed by atoms with Crippen LogP contribution in [0.3, 0.4) is 0 Å². The smallest absolute Gasteiger partial charge is 0.235 e. The maximum atomic E-state index is 13.5. The van der Waals surface area contributed by atoms with Gasteiger partial charge in [0.2, 0.25) is 5.91 Å². The lowest BCUT2D eigenvalue weighted by Gasteiger charge is -2.37. The summed E-state index contributed by atoms with van der Waals surface area (Å²) in [5, 5.41) is 4.29. The predicted octanol–water partition coefficient (Wildman–Crippen LogP) is 7.32. The fraction of sp³-hybridized carbons (Fsp3) is 0.458. The Morgan fingerprint density at radius 2 is 1.86 bits per heavy atom. The number of nitrogens with one attached hydrogen (secondary N) is 1. The van der Waals surface area contributed by atoms with Crippen LogP contribution < -0.4 is 10.1 Å². The molecule has 0 saturated heterocycles. The van der Waals surface area contributed by atoms with Crippen LogP contribution in [0, 0.1) is 6.92 Å². The first kappa shape index (κ1) is 22.0. The number of amides is 1. The van der Waals surface area contributed by atoms with Gasteiger partial charge in [0.05, 0.1) is 12.0 Å². The Morgan fingerprint density at radius 3 is 2.52 bits per heavy atom. The van der Waals surface area contributed by atoms with Gasteiger partial charge in [0.1, 0.15) is 5.75 Å². The highest BCUT2D eigenvalue weighted by molar-refractivity contribution is 6.35. The van der Waals surface area contributed by atoms with Crippen LogP contribution in [0.2, 0.25) is 10.0 Å². The molecule has 2 aromatic carbocycles. The molecule has 0 heterocycles. The number of ether oxygens (including phenoxy) is 1. The van der Waals surface area contributed by atoms with E-state index in [1.54, 1.807) is 6.07 Å². The topological polar surface area (TPSA) is 38.3 Å². The second-order valence-corrected chi connectivity index (χ2v) is 8.75. The summed E-state index contributed by atoms with van der Waals surface area (Å²) in [6.45, 7) is 4.85. The molecule has 1 aliphatic rings. The average molecular weight is 434 g/mol. The third-order valence-electron chi connectivity index (χ3n) is 5.78. The summed E-state index contributed by atoms with van der Waals surface area (Å²) >= 11 is 12.6. The molecule has 0 radical (unpaired) electrons. The largest absolute Gasteiger partial charge is 0.493 e. The molecule has 0 bridgehead atoms. The number of anilines is 1. The highest BCUT2D eigenvalue weighted by atomic mass is 35.5. The zero-order chi connectivity index (χ0) is 20.9. The lowest BCUT2D eigenvalue weighted by atomic mass is 9.68. The molecule has 29 heavy (non-hydrogen) atoms. The summed E-state index contributed by atoms with van der Waals surface area (Å²) in [5.74, 6) is 0.866. The maximum absolute atomic E-state index is 13.5. The number of hydrogen-bond donors (Lipinski definition) is 1.